The number of hydrogen-bond acceptors (Lipinski definition) is 3. The predicted octanol–water partition coefficient (Wildman–Crippen LogP) is 10.5. The Hall–Kier alpha value is -2.33. The van der Waals surface area contributed by atoms with E-state index < -0.39 is 0 Å². The number of allylic oxidation sites excluding steroid dienone is 1. The SMILES string of the molecule is C=CCC(NC(=C)CCC(C)C)C(=C)C.CC.CC.CC(C)(C)N1CCCCC1.CCc1nc2ccccc2[nH]1. The topological polar surface area (TPSA) is 44.0 Å². The molecule has 2 heterocycles. The monoisotopic (exact) mass is 555 g/mol. The largest absolute Gasteiger partial charge is 0.382 e. The summed E-state index contributed by atoms with van der Waals surface area (Å²) in [6.45, 7) is 37.9. The Bertz CT molecular complexity index is 877. The maximum Gasteiger partial charge on any atom is 0.106 e. The summed E-state index contributed by atoms with van der Waals surface area (Å²) in [5.74, 6) is 1.79. The average molecular weight is 555 g/mol. The summed E-state index contributed by atoms with van der Waals surface area (Å²) in [4.78, 5) is 10.2. The lowest BCUT2D eigenvalue weighted by Gasteiger charge is -2.38. The third kappa shape index (κ3) is 18.1. The average Bonchev–Trinajstić information content (AvgIpc) is 3.38. The molecule has 0 spiro atoms. The number of nitrogens with zero attached hydrogens (tertiary/aromatic N) is 2. The number of hydrogen-bond donors (Lipinski definition) is 2. The lowest BCUT2D eigenvalue weighted by Crippen LogP contribution is -2.44. The molecule has 1 saturated heterocycles. The van der Waals surface area contributed by atoms with Gasteiger partial charge >= 0.3 is 0 Å². The number of para-hydroxylation sites is 2. The van der Waals surface area contributed by atoms with Crippen molar-refractivity contribution in [1.29, 1.82) is 0 Å². The third-order valence-corrected chi connectivity index (χ3v) is 6.48. The highest BCUT2D eigenvalue weighted by molar-refractivity contribution is 5.74. The number of imidazole rings is 1. The summed E-state index contributed by atoms with van der Waals surface area (Å²) in [6.07, 6.45) is 10.3. The number of aromatic amines is 1. The van der Waals surface area contributed by atoms with Crippen LogP contribution >= 0.6 is 0 Å². The van der Waals surface area contributed by atoms with Gasteiger partial charge in [-0.15, -0.1) is 6.58 Å². The van der Waals surface area contributed by atoms with Crippen LogP contribution in [-0.2, 0) is 6.42 Å². The fourth-order valence-corrected chi connectivity index (χ4v) is 4.07. The van der Waals surface area contributed by atoms with Crippen molar-refractivity contribution in [3.63, 3.8) is 0 Å². The van der Waals surface area contributed by atoms with Crippen LogP contribution in [0, 0.1) is 5.92 Å². The molecule has 4 nitrogen and oxygen atoms in total. The highest BCUT2D eigenvalue weighted by Gasteiger charge is 2.22. The molecule has 1 aliphatic heterocycles. The Balaban J connectivity index is 0. The van der Waals surface area contributed by atoms with Crippen molar-refractivity contribution in [3.05, 3.63) is 67.2 Å². The number of likely N-dealkylation sites (tertiary alicyclic amines) is 1. The summed E-state index contributed by atoms with van der Waals surface area (Å²) >= 11 is 0. The zero-order chi connectivity index (χ0) is 31.1. The van der Waals surface area contributed by atoms with Gasteiger partial charge in [0, 0.05) is 23.7 Å². The molecule has 0 aliphatic carbocycles. The third-order valence-electron chi connectivity index (χ3n) is 6.48. The van der Waals surface area contributed by atoms with Gasteiger partial charge in [0.2, 0.25) is 0 Å². The fourth-order valence-electron chi connectivity index (χ4n) is 4.07. The van der Waals surface area contributed by atoms with Crippen LogP contribution in [0.1, 0.15) is 121 Å². The second kappa shape index (κ2) is 23.4. The Kier molecular flexibility index (Phi) is 23.3. The van der Waals surface area contributed by atoms with Crippen LogP contribution in [0.2, 0.25) is 0 Å². The number of H-pyrrole nitrogens is 1. The second-order valence-electron chi connectivity index (χ2n) is 11.4. The highest BCUT2D eigenvalue weighted by Crippen LogP contribution is 2.19. The van der Waals surface area contributed by atoms with E-state index in [-0.39, 0.29) is 0 Å². The van der Waals surface area contributed by atoms with Crippen molar-refractivity contribution in [2.45, 2.75) is 133 Å². The van der Waals surface area contributed by atoms with Crippen LogP contribution in [0.4, 0.5) is 0 Å². The van der Waals surface area contributed by atoms with E-state index in [1.54, 1.807) is 0 Å². The highest BCUT2D eigenvalue weighted by atomic mass is 15.2. The van der Waals surface area contributed by atoms with Crippen molar-refractivity contribution in [3.8, 4) is 0 Å². The second-order valence-corrected chi connectivity index (χ2v) is 11.4. The number of aryl methyl sites for hydroxylation is 1. The van der Waals surface area contributed by atoms with Crippen LogP contribution in [0.15, 0.2) is 61.3 Å². The summed E-state index contributed by atoms with van der Waals surface area (Å²) < 4.78 is 0. The minimum absolute atomic E-state index is 0.294. The molecule has 0 amide bonds. The number of benzene rings is 1. The maximum atomic E-state index is 4.38. The molecule has 4 heteroatoms. The van der Waals surface area contributed by atoms with Gasteiger partial charge in [-0.3, -0.25) is 4.90 Å². The molecule has 1 aromatic heterocycles. The number of aromatic nitrogens is 2. The van der Waals surface area contributed by atoms with Gasteiger partial charge in [0.15, 0.2) is 0 Å². The molecular weight excluding hydrogens is 488 g/mol. The number of piperidine rings is 1. The van der Waals surface area contributed by atoms with E-state index in [9.17, 15) is 0 Å². The first kappa shape index (κ1) is 39.8. The fraction of sp³-hybridized carbons (Fsp3) is 0.639. The first-order valence-corrected chi connectivity index (χ1v) is 15.9. The van der Waals surface area contributed by atoms with Crippen LogP contribution in [0.3, 0.4) is 0 Å². The van der Waals surface area contributed by atoms with Gasteiger partial charge in [0.05, 0.1) is 11.0 Å². The van der Waals surface area contributed by atoms with Gasteiger partial charge in [0.1, 0.15) is 5.82 Å². The molecule has 230 valence electrons. The first-order valence-electron chi connectivity index (χ1n) is 15.9. The molecule has 0 radical (unpaired) electrons. The Labute approximate surface area is 249 Å². The Morgan fingerprint density at radius 3 is 2.05 bits per heavy atom. The van der Waals surface area contributed by atoms with Crippen molar-refractivity contribution in [2.24, 2.45) is 5.92 Å². The minimum Gasteiger partial charge on any atom is -0.382 e. The number of nitrogens with one attached hydrogen (secondary N) is 2. The van der Waals surface area contributed by atoms with E-state index in [0.29, 0.717) is 11.6 Å². The quantitative estimate of drug-likeness (QED) is 0.303. The zero-order valence-electron chi connectivity index (χ0n) is 28.4. The van der Waals surface area contributed by atoms with Crippen molar-refractivity contribution in [1.82, 2.24) is 20.2 Å². The van der Waals surface area contributed by atoms with Gasteiger partial charge in [-0.05, 0) is 90.9 Å². The molecule has 1 aliphatic rings. The van der Waals surface area contributed by atoms with Crippen molar-refractivity contribution in [2.75, 3.05) is 13.1 Å². The molecule has 0 saturated carbocycles. The van der Waals surface area contributed by atoms with Gasteiger partial charge < -0.3 is 10.3 Å². The molecule has 1 aromatic carbocycles. The van der Waals surface area contributed by atoms with E-state index in [2.05, 4.69) is 81.5 Å². The van der Waals surface area contributed by atoms with E-state index in [0.717, 1.165) is 53.3 Å². The van der Waals surface area contributed by atoms with Crippen molar-refractivity contribution < 1.29 is 0 Å². The van der Waals surface area contributed by atoms with Gasteiger partial charge in [-0.25, -0.2) is 4.98 Å². The molecule has 1 unspecified atom stereocenters. The first-order chi connectivity index (χ1) is 19.0. The lowest BCUT2D eigenvalue weighted by atomic mass is 10.0. The predicted molar refractivity (Wildman–Crippen MR) is 183 cm³/mol. The summed E-state index contributed by atoms with van der Waals surface area (Å²) in [5, 5.41) is 3.41. The van der Waals surface area contributed by atoms with Gasteiger partial charge in [-0.1, -0.05) is 91.8 Å². The number of fused-ring (bicyclic) bond motifs is 1. The van der Waals surface area contributed by atoms with Gasteiger partial charge in [-0.2, -0.15) is 0 Å². The van der Waals surface area contributed by atoms with E-state index in [4.69, 9.17) is 0 Å². The Morgan fingerprint density at radius 2 is 1.62 bits per heavy atom. The molecule has 1 atom stereocenters. The molecule has 2 aromatic rings. The Morgan fingerprint density at radius 1 is 1.05 bits per heavy atom. The minimum atomic E-state index is 0.294. The lowest BCUT2D eigenvalue weighted by molar-refractivity contribution is 0.111. The normalized spacial score (nSPS) is 13.6. The van der Waals surface area contributed by atoms with E-state index in [1.165, 1.54) is 38.8 Å². The molecule has 2 N–H and O–H groups in total. The zero-order valence-corrected chi connectivity index (χ0v) is 28.4. The van der Waals surface area contributed by atoms with Crippen LogP contribution in [-0.4, -0.2) is 39.5 Å². The molecule has 40 heavy (non-hydrogen) atoms. The smallest absolute Gasteiger partial charge is 0.106 e. The summed E-state index contributed by atoms with van der Waals surface area (Å²) in [5.41, 5.74) is 4.84. The van der Waals surface area contributed by atoms with Crippen LogP contribution in [0.5, 0.6) is 0 Å². The standard InChI is InChI=1S/C14H25N.C9H10N2.C9H19N.2C2H6/c1-7-8-14(12(4)5)15-13(6)10-9-11(2)3;1-2-9-10-7-5-3-4-6-8(7)11-9;1-9(2,3)10-7-5-4-6-8-10;2*1-2/h7,11,14-15H,1,4,6,8-10H2,2-3,5H3;3-6H,2H2,1H3,(H,10,11);4-8H2,1-3H3;2*1-2H3. The van der Waals surface area contributed by atoms with E-state index in [1.807, 2.05) is 65.0 Å². The molecule has 1 fully saturated rings. The molecular formula is C36H66N4. The molecule has 3 rings (SSSR count). The van der Waals surface area contributed by atoms with Crippen LogP contribution in [0.25, 0.3) is 11.0 Å². The molecule has 0 bridgehead atoms. The van der Waals surface area contributed by atoms with Crippen molar-refractivity contribution >= 4 is 11.0 Å². The van der Waals surface area contributed by atoms with Crippen LogP contribution < -0.4 is 5.32 Å². The maximum absolute atomic E-state index is 4.38. The summed E-state index contributed by atoms with van der Waals surface area (Å²) in [7, 11) is 0. The van der Waals surface area contributed by atoms with E-state index >= 15 is 0 Å². The number of rotatable bonds is 9. The van der Waals surface area contributed by atoms with Gasteiger partial charge in [0.25, 0.3) is 0 Å². The summed E-state index contributed by atoms with van der Waals surface area (Å²) in [6, 6.07) is 8.37.